The lowest BCUT2D eigenvalue weighted by Crippen LogP contribution is -2.51. The molecule has 0 saturated carbocycles. The second-order valence-electron chi connectivity index (χ2n) is 8.24. The molecule has 1 aromatic heterocycles. The first-order chi connectivity index (χ1) is 18.8. The van der Waals surface area contributed by atoms with Crippen molar-refractivity contribution in [1.82, 2.24) is 14.4 Å². The molecule has 2 heterocycles. The number of nitrogens with zero attached hydrogens (tertiary/aromatic N) is 4. The number of carbonyl (C=O) groups excluding carboxylic acids is 5. The maximum atomic E-state index is 12.7. The summed E-state index contributed by atoms with van der Waals surface area (Å²) < 4.78 is 17.3. The minimum atomic E-state index is -0.483. The molecule has 12 nitrogen and oxygen atoms in total. The largest absolute Gasteiger partial charge is 0.465 e. The van der Waals surface area contributed by atoms with Crippen molar-refractivity contribution in [1.29, 1.82) is 0 Å². The maximum Gasteiger partial charge on any atom is 0.409 e. The van der Waals surface area contributed by atoms with Crippen LogP contribution in [0.1, 0.15) is 31.1 Å². The van der Waals surface area contributed by atoms with Gasteiger partial charge in [0, 0.05) is 26.2 Å². The van der Waals surface area contributed by atoms with E-state index in [2.05, 4.69) is 4.99 Å². The molecule has 2 aromatic rings. The van der Waals surface area contributed by atoms with Crippen LogP contribution in [-0.4, -0.2) is 102 Å². The molecule has 3 rings (SSSR count). The zero-order valence-corrected chi connectivity index (χ0v) is 23.8. The Balaban J connectivity index is 1.66. The van der Waals surface area contributed by atoms with Crippen molar-refractivity contribution in [3.05, 3.63) is 28.6 Å². The van der Waals surface area contributed by atoms with Crippen molar-refractivity contribution in [2.75, 3.05) is 57.5 Å². The van der Waals surface area contributed by atoms with Crippen LogP contribution in [0.4, 0.5) is 4.79 Å². The number of ether oxygens (including phenoxy) is 3. The smallest absolute Gasteiger partial charge is 0.409 e. The molecule has 0 N–H and O–H groups in total. The zero-order chi connectivity index (χ0) is 28.4. The van der Waals surface area contributed by atoms with Crippen molar-refractivity contribution >= 4 is 63.2 Å². The highest BCUT2D eigenvalue weighted by atomic mass is 32.2. The average molecular weight is 581 g/mol. The minimum Gasteiger partial charge on any atom is -0.465 e. The molecule has 1 saturated heterocycles. The van der Waals surface area contributed by atoms with E-state index in [9.17, 15) is 24.0 Å². The van der Waals surface area contributed by atoms with E-state index >= 15 is 0 Å². The quantitative estimate of drug-likeness (QED) is 0.305. The van der Waals surface area contributed by atoms with Crippen LogP contribution in [0.5, 0.6) is 0 Å². The number of thiazole rings is 1. The first-order valence-corrected chi connectivity index (χ1v) is 14.5. The van der Waals surface area contributed by atoms with Gasteiger partial charge in [-0.15, -0.1) is 11.8 Å². The van der Waals surface area contributed by atoms with Crippen LogP contribution in [0.25, 0.3) is 10.2 Å². The second-order valence-corrected chi connectivity index (χ2v) is 10.2. The normalized spacial score (nSPS) is 13.9. The van der Waals surface area contributed by atoms with Gasteiger partial charge in [-0.05, 0) is 39.0 Å². The van der Waals surface area contributed by atoms with E-state index in [1.165, 1.54) is 0 Å². The lowest BCUT2D eigenvalue weighted by molar-refractivity contribution is -0.143. The standard InChI is InChI=1S/C25H32N4O8S2/c1-4-35-22(32)14-29-18-8-7-17(23(33)36-5-2)13-19(18)39-24(29)26-20(30)15-38-16-21(31)27-9-11-28(12-10-27)25(34)37-6-3/h7-8,13H,4-6,9-12,14-16H2,1-3H3. The molecule has 0 aliphatic carbocycles. The second kappa shape index (κ2) is 14.7. The lowest BCUT2D eigenvalue weighted by Gasteiger charge is -2.34. The number of aromatic nitrogens is 1. The van der Waals surface area contributed by atoms with Gasteiger partial charge < -0.3 is 28.6 Å². The number of hydrogen-bond acceptors (Lipinski definition) is 10. The van der Waals surface area contributed by atoms with Crippen LogP contribution in [0.15, 0.2) is 23.2 Å². The van der Waals surface area contributed by atoms with Crippen LogP contribution in [-0.2, 0) is 35.1 Å². The Hall–Kier alpha value is -3.39. The Labute approximate surface area is 233 Å². The lowest BCUT2D eigenvalue weighted by atomic mass is 10.2. The van der Waals surface area contributed by atoms with Gasteiger partial charge >= 0.3 is 18.0 Å². The van der Waals surface area contributed by atoms with Gasteiger partial charge in [0.05, 0.1) is 47.1 Å². The van der Waals surface area contributed by atoms with E-state index < -0.39 is 17.8 Å². The Morgan fingerprint density at radius 1 is 0.897 bits per heavy atom. The number of thioether (sulfide) groups is 1. The van der Waals surface area contributed by atoms with E-state index in [-0.39, 0.29) is 48.1 Å². The molecule has 1 aliphatic rings. The number of hydrogen-bond donors (Lipinski definition) is 0. The summed E-state index contributed by atoms with van der Waals surface area (Å²) in [6.45, 7) is 7.36. The van der Waals surface area contributed by atoms with Gasteiger partial charge in [-0.25, -0.2) is 9.59 Å². The zero-order valence-electron chi connectivity index (χ0n) is 22.2. The summed E-state index contributed by atoms with van der Waals surface area (Å²) >= 11 is 2.31. The molecule has 1 fully saturated rings. The fraction of sp³-hybridized carbons (Fsp3) is 0.520. The summed E-state index contributed by atoms with van der Waals surface area (Å²) in [6.07, 6.45) is -0.385. The highest BCUT2D eigenvalue weighted by molar-refractivity contribution is 8.00. The van der Waals surface area contributed by atoms with E-state index in [1.807, 2.05) is 0 Å². The highest BCUT2D eigenvalue weighted by Crippen LogP contribution is 2.20. The molecular formula is C25H32N4O8S2. The molecule has 0 atom stereocenters. The summed E-state index contributed by atoms with van der Waals surface area (Å²) in [5.41, 5.74) is 0.973. The van der Waals surface area contributed by atoms with Gasteiger partial charge in [0.2, 0.25) is 5.91 Å². The molecule has 0 unspecified atom stereocenters. The Kier molecular flexibility index (Phi) is 11.3. The van der Waals surface area contributed by atoms with Crippen LogP contribution in [0.2, 0.25) is 0 Å². The number of benzene rings is 1. The van der Waals surface area contributed by atoms with E-state index in [0.29, 0.717) is 48.6 Å². The number of carbonyl (C=O) groups is 5. The highest BCUT2D eigenvalue weighted by Gasteiger charge is 2.25. The number of rotatable bonds is 10. The molecule has 0 spiro atoms. The summed E-state index contributed by atoms with van der Waals surface area (Å²) in [5.74, 6) is -1.47. The van der Waals surface area contributed by atoms with Crippen molar-refractivity contribution in [2.24, 2.45) is 4.99 Å². The van der Waals surface area contributed by atoms with Crippen molar-refractivity contribution < 1.29 is 38.2 Å². The number of esters is 2. The molecule has 212 valence electrons. The Morgan fingerprint density at radius 3 is 2.23 bits per heavy atom. The van der Waals surface area contributed by atoms with Gasteiger partial charge in [-0.2, -0.15) is 4.99 Å². The fourth-order valence-electron chi connectivity index (χ4n) is 3.80. The third-order valence-corrected chi connectivity index (χ3v) is 7.56. The number of piperazine rings is 1. The van der Waals surface area contributed by atoms with E-state index in [1.54, 1.807) is 53.3 Å². The van der Waals surface area contributed by atoms with Gasteiger partial charge in [-0.1, -0.05) is 11.3 Å². The third kappa shape index (κ3) is 8.30. The summed E-state index contributed by atoms with van der Waals surface area (Å²) in [7, 11) is 0. The average Bonchev–Trinajstić information content (AvgIpc) is 3.24. The maximum absolute atomic E-state index is 12.7. The van der Waals surface area contributed by atoms with Gasteiger partial charge in [0.25, 0.3) is 5.91 Å². The summed E-state index contributed by atoms with van der Waals surface area (Å²) in [5, 5.41) is 0. The minimum absolute atomic E-state index is 0.0315. The monoisotopic (exact) mass is 580 g/mol. The van der Waals surface area contributed by atoms with Crippen LogP contribution >= 0.6 is 23.1 Å². The van der Waals surface area contributed by atoms with Gasteiger partial charge in [0.1, 0.15) is 6.54 Å². The predicted molar refractivity (Wildman–Crippen MR) is 145 cm³/mol. The van der Waals surface area contributed by atoms with Gasteiger partial charge in [-0.3, -0.25) is 14.4 Å². The number of amides is 3. The van der Waals surface area contributed by atoms with Crippen LogP contribution in [0, 0.1) is 0 Å². The van der Waals surface area contributed by atoms with E-state index in [0.717, 1.165) is 23.1 Å². The molecule has 3 amide bonds. The summed E-state index contributed by atoms with van der Waals surface area (Å²) in [4.78, 5) is 69.1. The van der Waals surface area contributed by atoms with Crippen LogP contribution in [0.3, 0.4) is 0 Å². The first-order valence-electron chi connectivity index (χ1n) is 12.6. The van der Waals surface area contributed by atoms with Gasteiger partial charge in [0.15, 0.2) is 4.80 Å². The molecule has 1 aliphatic heterocycles. The first kappa shape index (κ1) is 30.2. The molecule has 39 heavy (non-hydrogen) atoms. The fourth-order valence-corrected chi connectivity index (χ4v) is 5.58. The predicted octanol–water partition coefficient (Wildman–Crippen LogP) is 1.90. The van der Waals surface area contributed by atoms with Crippen molar-refractivity contribution in [3.8, 4) is 0 Å². The molecule has 14 heteroatoms. The molecular weight excluding hydrogens is 548 g/mol. The van der Waals surface area contributed by atoms with Crippen molar-refractivity contribution in [3.63, 3.8) is 0 Å². The van der Waals surface area contributed by atoms with Crippen LogP contribution < -0.4 is 4.80 Å². The SMILES string of the molecule is CCOC(=O)Cn1c(=NC(=O)CSCC(=O)N2CCN(C(=O)OCC)CC2)sc2cc(C(=O)OCC)ccc21. The molecule has 0 radical (unpaired) electrons. The third-order valence-electron chi connectivity index (χ3n) is 5.62. The number of fused-ring (bicyclic) bond motifs is 1. The van der Waals surface area contributed by atoms with Crippen molar-refractivity contribution in [2.45, 2.75) is 27.3 Å². The summed E-state index contributed by atoms with van der Waals surface area (Å²) in [6, 6.07) is 4.91. The molecule has 1 aromatic carbocycles. The Bertz CT molecular complexity index is 1280. The van der Waals surface area contributed by atoms with E-state index in [4.69, 9.17) is 14.2 Å². The topological polar surface area (TPSA) is 137 Å². The Morgan fingerprint density at radius 2 is 1.56 bits per heavy atom. The molecule has 0 bridgehead atoms.